The van der Waals surface area contributed by atoms with Crippen LogP contribution in [0.25, 0.3) is 23.1 Å². The summed E-state index contributed by atoms with van der Waals surface area (Å²) in [6, 6.07) is 21.0. The van der Waals surface area contributed by atoms with Crippen molar-refractivity contribution in [1.29, 1.82) is 0 Å². The van der Waals surface area contributed by atoms with Crippen LogP contribution in [0.4, 0.5) is 5.69 Å². The highest BCUT2D eigenvalue weighted by molar-refractivity contribution is 5.83. The van der Waals surface area contributed by atoms with Gasteiger partial charge in [-0.25, -0.2) is 0 Å². The van der Waals surface area contributed by atoms with Crippen LogP contribution in [-0.4, -0.2) is 23.2 Å². The number of nitrogens with one attached hydrogen (secondary N) is 1. The van der Waals surface area contributed by atoms with E-state index < -0.39 is 0 Å². The van der Waals surface area contributed by atoms with E-state index in [4.69, 9.17) is 0 Å². The maximum absolute atomic E-state index is 3.56. The first-order valence-corrected chi connectivity index (χ1v) is 16.6. The first-order chi connectivity index (χ1) is 22.2. The third-order valence-electron chi connectivity index (χ3n) is 10.8. The van der Waals surface area contributed by atoms with Gasteiger partial charge in [0.25, 0.3) is 0 Å². The summed E-state index contributed by atoms with van der Waals surface area (Å²) in [6.07, 6.45) is 36.7. The molecule has 1 aromatic heterocycles. The van der Waals surface area contributed by atoms with E-state index in [0.29, 0.717) is 35.8 Å². The monoisotopic (exact) mass is 585 g/mol. The highest BCUT2D eigenvalue weighted by atomic mass is 15.2. The molecule has 3 heterocycles. The van der Waals surface area contributed by atoms with Crippen LogP contribution in [0.1, 0.15) is 19.4 Å². The number of allylic oxidation sites excluding steroid dienone is 9. The van der Waals surface area contributed by atoms with Crippen molar-refractivity contribution in [2.75, 3.05) is 11.4 Å². The van der Waals surface area contributed by atoms with E-state index in [2.05, 4.69) is 167 Å². The topological polar surface area (TPSA) is 20.2 Å². The SMILES string of the molecule is CC1C=CC(C2=CC=CCN2)=CC1n1c2c(c3ccccc31)=CC(C1=CC3C4C=CC=CC4N(c4ccccc4)C3C=C1)CC=2. The van der Waals surface area contributed by atoms with Crippen molar-refractivity contribution in [1.82, 2.24) is 9.88 Å². The predicted molar refractivity (Wildman–Crippen MR) is 188 cm³/mol. The molecule has 7 unspecified atom stereocenters. The second-order valence-corrected chi connectivity index (χ2v) is 13.3. The fourth-order valence-electron chi connectivity index (χ4n) is 8.63. The Balaban J connectivity index is 1.11. The molecule has 1 N–H and O–H groups in total. The van der Waals surface area contributed by atoms with Crippen LogP contribution in [-0.2, 0) is 0 Å². The molecule has 222 valence electrons. The zero-order valence-electron chi connectivity index (χ0n) is 25.7. The number of fused-ring (bicyclic) bond motifs is 6. The maximum atomic E-state index is 3.56. The van der Waals surface area contributed by atoms with Gasteiger partial charge in [0.1, 0.15) is 0 Å². The molecule has 0 spiro atoms. The summed E-state index contributed by atoms with van der Waals surface area (Å²) in [5.74, 6) is 1.72. The Bertz CT molecular complexity index is 2040. The molecule has 3 nitrogen and oxygen atoms in total. The van der Waals surface area contributed by atoms with Crippen molar-refractivity contribution in [3.8, 4) is 0 Å². The van der Waals surface area contributed by atoms with E-state index in [1.54, 1.807) is 0 Å². The molecule has 4 aliphatic carbocycles. The Morgan fingerprint density at radius 3 is 2.49 bits per heavy atom. The zero-order valence-corrected chi connectivity index (χ0v) is 25.7. The molecule has 0 bridgehead atoms. The van der Waals surface area contributed by atoms with E-state index in [1.165, 1.54) is 44.0 Å². The quantitative estimate of drug-likeness (QED) is 0.354. The van der Waals surface area contributed by atoms with Crippen LogP contribution in [0, 0.1) is 23.7 Å². The Morgan fingerprint density at radius 2 is 1.60 bits per heavy atom. The normalized spacial score (nSPS) is 30.8. The molecular weight excluding hydrogens is 546 g/mol. The first-order valence-electron chi connectivity index (χ1n) is 16.6. The summed E-state index contributed by atoms with van der Waals surface area (Å²) in [5, 5.41) is 7.69. The van der Waals surface area contributed by atoms with Gasteiger partial charge >= 0.3 is 0 Å². The molecule has 0 amide bonds. The van der Waals surface area contributed by atoms with E-state index >= 15 is 0 Å². The molecule has 6 aliphatic rings. The van der Waals surface area contributed by atoms with E-state index in [-0.39, 0.29) is 6.04 Å². The number of benzene rings is 2. The molecule has 3 aromatic rings. The smallest absolute Gasteiger partial charge is 0.0592 e. The van der Waals surface area contributed by atoms with Crippen molar-refractivity contribution < 1.29 is 0 Å². The second-order valence-electron chi connectivity index (χ2n) is 13.3. The van der Waals surface area contributed by atoms with Gasteiger partial charge in [-0.15, -0.1) is 0 Å². The number of anilines is 1. The Kier molecular flexibility index (Phi) is 6.33. The molecule has 2 aliphatic heterocycles. The lowest BCUT2D eigenvalue weighted by Gasteiger charge is -2.32. The Morgan fingerprint density at radius 1 is 0.756 bits per heavy atom. The Hall–Kier alpha value is -4.76. The molecule has 1 saturated heterocycles. The van der Waals surface area contributed by atoms with E-state index in [9.17, 15) is 0 Å². The molecule has 2 aromatic carbocycles. The third-order valence-corrected chi connectivity index (χ3v) is 10.8. The van der Waals surface area contributed by atoms with Crippen LogP contribution in [0.3, 0.4) is 0 Å². The van der Waals surface area contributed by atoms with Gasteiger partial charge in [-0.3, -0.25) is 0 Å². The number of nitrogens with zero attached hydrogens (tertiary/aromatic N) is 2. The molecule has 0 saturated carbocycles. The second kappa shape index (κ2) is 10.7. The fraction of sp³-hybridized carbons (Fsp3) is 0.238. The van der Waals surface area contributed by atoms with E-state index in [1.807, 2.05) is 0 Å². The van der Waals surface area contributed by atoms with Crippen molar-refractivity contribution in [2.45, 2.75) is 31.5 Å². The van der Waals surface area contributed by atoms with Gasteiger partial charge in [-0.2, -0.15) is 0 Å². The number of hydrogen-bond donors (Lipinski definition) is 1. The molecule has 3 heteroatoms. The molecule has 1 fully saturated rings. The van der Waals surface area contributed by atoms with Gasteiger partial charge in [-0.1, -0.05) is 128 Å². The number of aromatic nitrogens is 1. The standard InChI is InChI=1S/C42H39N3/c1-28-18-19-31(37-15-9-10-24-43-37)27-42(28)45-39-17-8-6-14-34(39)36-26-30(21-23-41(36)45)29-20-22-40-35(25-29)33-13-5-7-16-38(33)44(40)32-11-3-2-4-12-32/h2-20,22-23,25-28,30,33,35,38,40,42-43H,21,24H2,1H3. The minimum atomic E-state index is 0.258. The van der Waals surface area contributed by atoms with Gasteiger partial charge in [0, 0.05) is 57.2 Å². The average molecular weight is 586 g/mol. The third kappa shape index (κ3) is 4.32. The average Bonchev–Trinajstić information content (AvgIpc) is 3.61. The van der Waals surface area contributed by atoms with Gasteiger partial charge < -0.3 is 14.8 Å². The summed E-state index contributed by atoms with van der Waals surface area (Å²) in [4.78, 5) is 2.64. The summed E-state index contributed by atoms with van der Waals surface area (Å²) in [7, 11) is 0. The van der Waals surface area contributed by atoms with Crippen LogP contribution in [0.5, 0.6) is 0 Å². The lowest BCUT2D eigenvalue weighted by Crippen LogP contribution is -2.37. The predicted octanol–water partition coefficient (Wildman–Crippen LogP) is 7.05. The molecule has 7 atom stereocenters. The van der Waals surface area contributed by atoms with Gasteiger partial charge in [0.05, 0.1) is 18.1 Å². The molecule has 45 heavy (non-hydrogen) atoms. The van der Waals surface area contributed by atoms with Crippen molar-refractivity contribution >= 4 is 28.7 Å². The highest BCUT2D eigenvalue weighted by Crippen LogP contribution is 2.46. The molecule has 0 radical (unpaired) electrons. The summed E-state index contributed by atoms with van der Waals surface area (Å²) in [5.41, 5.74) is 6.60. The largest absolute Gasteiger partial charge is 0.381 e. The minimum Gasteiger partial charge on any atom is -0.381 e. The summed E-state index contributed by atoms with van der Waals surface area (Å²) in [6.45, 7) is 3.23. The number of hydrogen-bond acceptors (Lipinski definition) is 2. The number of para-hydroxylation sites is 2. The van der Waals surface area contributed by atoms with Crippen LogP contribution >= 0.6 is 0 Å². The minimum absolute atomic E-state index is 0.258. The molecule has 9 rings (SSSR count). The summed E-state index contributed by atoms with van der Waals surface area (Å²) >= 11 is 0. The lowest BCUT2D eigenvalue weighted by molar-refractivity contribution is 0.485. The van der Waals surface area contributed by atoms with Crippen molar-refractivity contribution in [3.05, 3.63) is 161 Å². The summed E-state index contributed by atoms with van der Waals surface area (Å²) < 4.78 is 2.62. The fourth-order valence-corrected chi connectivity index (χ4v) is 8.63. The lowest BCUT2D eigenvalue weighted by atomic mass is 9.78. The van der Waals surface area contributed by atoms with Crippen molar-refractivity contribution in [3.63, 3.8) is 0 Å². The van der Waals surface area contributed by atoms with Crippen molar-refractivity contribution in [2.24, 2.45) is 23.7 Å². The van der Waals surface area contributed by atoms with Crippen LogP contribution < -0.4 is 20.8 Å². The first kappa shape index (κ1) is 26.6. The zero-order chi connectivity index (χ0) is 29.9. The van der Waals surface area contributed by atoms with Gasteiger partial charge in [-0.05, 0) is 47.8 Å². The van der Waals surface area contributed by atoms with Crippen LogP contribution in [0.15, 0.2) is 150 Å². The van der Waals surface area contributed by atoms with Gasteiger partial charge in [0.2, 0.25) is 0 Å². The maximum Gasteiger partial charge on any atom is 0.0592 e. The van der Waals surface area contributed by atoms with Crippen LogP contribution in [0.2, 0.25) is 0 Å². The number of dihydropyridines is 1. The number of rotatable bonds is 4. The highest BCUT2D eigenvalue weighted by Gasteiger charge is 2.46. The van der Waals surface area contributed by atoms with E-state index in [0.717, 1.165) is 13.0 Å². The Labute approximate surface area is 265 Å². The molecular formula is C42H39N3. The van der Waals surface area contributed by atoms with Gasteiger partial charge in [0.15, 0.2) is 0 Å².